The summed E-state index contributed by atoms with van der Waals surface area (Å²) in [6, 6.07) is 8.63. The molecule has 0 saturated carbocycles. The minimum absolute atomic E-state index is 0.0803. The third-order valence-corrected chi connectivity index (χ3v) is 3.46. The molecule has 1 aromatic rings. The van der Waals surface area contributed by atoms with E-state index in [0.717, 1.165) is 10.6 Å². The molecule has 1 N–H and O–H groups in total. The highest BCUT2D eigenvalue weighted by Crippen LogP contribution is 2.33. The lowest BCUT2D eigenvalue weighted by molar-refractivity contribution is -0.140. The summed E-state index contributed by atoms with van der Waals surface area (Å²) in [7, 11) is 0. The van der Waals surface area contributed by atoms with E-state index in [1.165, 1.54) is 20.1 Å². The molecule has 0 spiro atoms. The molecule has 6 heteroatoms. The van der Waals surface area contributed by atoms with E-state index in [0.29, 0.717) is 10.6 Å². The van der Waals surface area contributed by atoms with E-state index in [1.54, 1.807) is 30.3 Å². The van der Waals surface area contributed by atoms with Crippen LogP contribution < -0.4 is 0 Å². The predicted octanol–water partition coefficient (Wildman–Crippen LogP) is 2.06. The molecule has 2 rings (SSSR count). The van der Waals surface area contributed by atoms with Crippen LogP contribution in [-0.4, -0.2) is 28.0 Å². The maximum absolute atomic E-state index is 12.0. The van der Waals surface area contributed by atoms with Gasteiger partial charge in [-0.05, 0) is 31.5 Å². The first-order valence-corrected chi connectivity index (χ1v) is 6.23. The summed E-state index contributed by atoms with van der Waals surface area (Å²) in [5.74, 6) is -0.611. The second kappa shape index (κ2) is 5.08. The van der Waals surface area contributed by atoms with Gasteiger partial charge in [-0.25, -0.2) is 0 Å². The van der Waals surface area contributed by atoms with Crippen LogP contribution in [0.1, 0.15) is 19.4 Å². The lowest BCUT2D eigenvalue weighted by atomic mass is 10.1. The fraction of sp³-hybridized carbons (Fsp3) is 0.214. The molecule has 0 radical (unpaired) electrons. The van der Waals surface area contributed by atoms with Gasteiger partial charge >= 0.3 is 0 Å². The first kappa shape index (κ1) is 14.3. The standard InChI is InChI=1S/C14H12ClN3O2/c1-9-12(7-16)13(19)18(14(9,2)20)17-8-10-3-5-11(15)6-4-10/h3-6,8,20H,1-2H3/b17-8+. The summed E-state index contributed by atoms with van der Waals surface area (Å²) in [5.41, 5.74) is -0.659. The van der Waals surface area contributed by atoms with Crippen LogP contribution in [0.25, 0.3) is 0 Å². The van der Waals surface area contributed by atoms with Crippen LogP contribution >= 0.6 is 11.6 Å². The van der Waals surface area contributed by atoms with Crippen molar-refractivity contribution >= 4 is 23.7 Å². The smallest absolute Gasteiger partial charge is 0.287 e. The number of hydrazone groups is 1. The van der Waals surface area contributed by atoms with Gasteiger partial charge in [0.05, 0.1) is 6.21 Å². The molecule has 5 nitrogen and oxygen atoms in total. The summed E-state index contributed by atoms with van der Waals surface area (Å²) in [6.45, 7) is 2.96. The number of carbonyl (C=O) groups is 1. The number of benzene rings is 1. The lowest BCUT2D eigenvalue weighted by Gasteiger charge is -2.26. The highest BCUT2D eigenvalue weighted by Gasteiger charge is 2.45. The van der Waals surface area contributed by atoms with Crippen LogP contribution in [0.15, 0.2) is 40.5 Å². The van der Waals surface area contributed by atoms with E-state index < -0.39 is 11.6 Å². The Labute approximate surface area is 121 Å². The molecule has 0 fully saturated rings. The molecule has 1 aromatic carbocycles. The summed E-state index contributed by atoms with van der Waals surface area (Å²) >= 11 is 5.77. The molecule has 0 aliphatic carbocycles. The van der Waals surface area contributed by atoms with Crippen molar-refractivity contribution in [3.63, 3.8) is 0 Å². The zero-order valence-corrected chi connectivity index (χ0v) is 11.7. The molecule has 1 aliphatic heterocycles. The van der Waals surface area contributed by atoms with Crippen molar-refractivity contribution in [3.8, 4) is 6.07 Å². The fourth-order valence-electron chi connectivity index (χ4n) is 1.83. The van der Waals surface area contributed by atoms with Crippen molar-refractivity contribution in [3.05, 3.63) is 46.0 Å². The van der Waals surface area contributed by atoms with Crippen molar-refractivity contribution in [2.45, 2.75) is 19.6 Å². The number of nitrogens with zero attached hydrogens (tertiary/aromatic N) is 3. The average Bonchev–Trinajstić information content (AvgIpc) is 2.56. The molecule has 1 heterocycles. The van der Waals surface area contributed by atoms with E-state index in [2.05, 4.69) is 5.10 Å². The molecule has 1 amide bonds. The Morgan fingerprint density at radius 1 is 1.45 bits per heavy atom. The van der Waals surface area contributed by atoms with Gasteiger partial charge < -0.3 is 5.11 Å². The number of halogens is 1. The summed E-state index contributed by atoms with van der Waals surface area (Å²) in [5, 5.41) is 24.7. The van der Waals surface area contributed by atoms with Gasteiger partial charge in [0.1, 0.15) is 11.6 Å². The van der Waals surface area contributed by atoms with Crippen LogP contribution in [0.4, 0.5) is 0 Å². The number of rotatable bonds is 2. The first-order valence-electron chi connectivity index (χ1n) is 5.86. The van der Waals surface area contributed by atoms with E-state index >= 15 is 0 Å². The maximum Gasteiger partial charge on any atom is 0.287 e. The Morgan fingerprint density at radius 2 is 2.05 bits per heavy atom. The first-order chi connectivity index (χ1) is 9.37. The van der Waals surface area contributed by atoms with Crippen LogP contribution in [0, 0.1) is 11.3 Å². The predicted molar refractivity (Wildman–Crippen MR) is 74.8 cm³/mol. The molecular formula is C14H12ClN3O2. The Morgan fingerprint density at radius 3 is 2.55 bits per heavy atom. The number of hydrogen-bond donors (Lipinski definition) is 1. The summed E-state index contributed by atoms with van der Waals surface area (Å²) in [6.07, 6.45) is 1.43. The number of nitriles is 1. The average molecular weight is 290 g/mol. The van der Waals surface area contributed by atoms with Crippen LogP contribution in [0.3, 0.4) is 0 Å². The van der Waals surface area contributed by atoms with Crippen molar-refractivity contribution in [2.75, 3.05) is 0 Å². The van der Waals surface area contributed by atoms with Gasteiger partial charge in [0, 0.05) is 10.6 Å². The number of amides is 1. The highest BCUT2D eigenvalue weighted by atomic mass is 35.5. The monoisotopic (exact) mass is 289 g/mol. The molecule has 20 heavy (non-hydrogen) atoms. The minimum atomic E-state index is -1.59. The molecule has 0 saturated heterocycles. The lowest BCUT2D eigenvalue weighted by Crippen LogP contribution is -2.42. The zero-order valence-electron chi connectivity index (χ0n) is 11.0. The van der Waals surface area contributed by atoms with Gasteiger partial charge in [0.15, 0.2) is 5.72 Å². The van der Waals surface area contributed by atoms with Crippen molar-refractivity contribution < 1.29 is 9.90 Å². The van der Waals surface area contributed by atoms with E-state index in [4.69, 9.17) is 16.9 Å². The summed E-state index contributed by atoms with van der Waals surface area (Å²) in [4.78, 5) is 12.0. The van der Waals surface area contributed by atoms with E-state index in [9.17, 15) is 9.90 Å². The highest BCUT2D eigenvalue weighted by molar-refractivity contribution is 6.30. The topological polar surface area (TPSA) is 76.7 Å². The largest absolute Gasteiger partial charge is 0.366 e. The summed E-state index contributed by atoms with van der Waals surface area (Å²) < 4.78 is 0. The van der Waals surface area contributed by atoms with Crippen molar-refractivity contribution in [1.29, 1.82) is 5.26 Å². The molecule has 1 aliphatic rings. The molecule has 1 unspecified atom stereocenters. The Bertz CT molecular complexity index is 654. The Hall–Kier alpha value is -2.16. The van der Waals surface area contributed by atoms with E-state index in [1.807, 2.05) is 0 Å². The molecule has 1 atom stereocenters. The molecule has 0 aromatic heterocycles. The van der Waals surface area contributed by atoms with Gasteiger partial charge in [-0.2, -0.15) is 15.4 Å². The number of hydrogen-bond acceptors (Lipinski definition) is 4. The Kier molecular flexibility index (Phi) is 3.62. The van der Waals surface area contributed by atoms with Crippen molar-refractivity contribution in [2.24, 2.45) is 5.10 Å². The van der Waals surface area contributed by atoms with Crippen LogP contribution in [-0.2, 0) is 4.79 Å². The van der Waals surface area contributed by atoms with E-state index in [-0.39, 0.29) is 5.57 Å². The van der Waals surface area contributed by atoms with Gasteiger partial charge in [0.2, 0.25) is 0 Å². The normalized spacial score (nSPS) is 22.8. The molecule has 102 valence electrons. The van der Waals surface area contributed by atoms with Crippen LogP contribution in [0.5, 0.6) is 0 Å². The third kappa shape index (κ3) is 2.31. The zero-order chi connectivity index (χ0) is 14.9. The number of aliphatic hydroxyl groups is 1. The van der Waals surface area contributed by atoms with Gasteiger partial charge in [-0.3, -0.25) is 4.79 Å². The maximum atomic E-state index is 12.0. The van der Waals surface area contributed by atoms with Crippen molar-refractivity contribution in [1.82, 2.24) is 5.01 Å². The van der Waals surface area contributed by atoms with Gasteiger partial charge in [0.25, 0.3) is 5.91 Å². The van der Waals surface area contributed by atoms with Crippen LogP contribution in [0.2, 0.25) is 5.02 Å². The molecule has 0 bridgehead atoms. The fourth-order valence-corrected chi connectivity index (χ4v) is 1.96. The quantitative estimate of drug-likeness (QED) is 0.847. The SMILES string of the molecule is CC1=C(C#N)C(=O)N(/N=C/c2ccc(Cl)cc2)C1(C)O. The molecular weight excluding hydrogens is 278 g/mol. The second-order valence-electron chi connectivity index (χ2n) is 4.55. The second-order valence-corrected chi connectivity index (χ2v) is 4.98. The van der Waals surface area contributed by atoms with Gasteiger partial charge in [-0.15, -0.1) is 0 Å². The Balaban J connectivity index is 2.29. The minimum Gasteiger partial charge on any atom is -0.366 e. The number of carbonyl (C=O) groups excluding carboxylic acids is 1. The van der Waals surface area contributed by atoms with Gasteiger partial charge in [-0.1, -0.05) is 23.7 Å². The third-order valence-electron chi connectivity index (χ3n) is 3.21.